The van der Waals surface area contributed by atoms with Crippen LogP contribution < -0.4 is 11.1 Å². The Hall–Kier alpha value is -1.23. The van der Waals surface area contributed by atoms with Crippen molar-refractivity contribution in [2.45, 2.75) is 47.0 Å². The highest BCUT2D eigenvalue weighted by atomic mass is 32.1. The normalized spacial score (nSPS) is 12.2. The van der Waals surface area contributed by atoms with Crippen molar-refractivity contribution in [3.05, 3.63) is 16.8 Å². The second-order valence-corrected chi connectivity index (χ2v) is 5.25. The van der Waals surface area contributed by atoms with Gasteiger partial charge in [0, 0.05) is 6.54 Å². The first-order chi connectivity index (χ1) is 9.04. The summed E-state index contributed by atoms with van der Waals surface area (Å²) >= 11 is 5.19. The second kappa shape index (κ2) is 7.38. The molecular weight excluding hydrogens is 256 g/mol. The first kappa shape index (κ1) is 15.8. The topological polar surface area (TPSA) is 63.8 Å². The molecule has 0 aliphatic rings. The highest BCUT2D eigenvalue weighted by Gasteiger charge is 2.16. The average molecular weight is 280 g/mol. The van der Waals surface area contributed by atoms with Gasteiger partial charge in [-0.25, -0.2) is 0 Å². The summed E-state index contributed by atoms with van der Waals surface area (Å²) in [6.45, 7) is 9.39. The van der Waals surface area contributed by atoms with E-state index in [9.17, 15) is 0 Å². The molecule has 0 radical (unpaired) electrons. The minimum Gasteiger partial charge on any atom is -0.389 e. The lowest BCUT2D eigenvalue weighted by Crippen LogP contribution is -2.21. The van der Waals surface area contributed by atoms with Gasteiger partial charge in [0.05, 0.1) is 11.3 Å². The standard InChI is InChI=1S/C14H24N4S/c1-5-9(4)8-16-14-12(13(15)19)10(6-2)11(7-3)17-18-14/h9H,5-8H2,1-4H3,(H2,15,19)(H,16,18). The summed E-state index contributed by atoms with van der Waals surface area (Å²) in [7, 11) is 0. The van der Waals surface area contributed by atoms with E-state index in [1.165, 1.54) is 0 Å². The predicted molar refractivity (Wildman–Crippen MR) is 84.6 cm³/mol. The molecule has 1 rings (SSSR count). The minimum atomic E-state index is 0.396. The van der Waals surface area contributed by atoms with Gasteiger partial charge in [-0.15, -0.1) is 5.10 Å². The number of anilines is 1. The molecule has 1 aromatic heterocycles. The first-order valence-corrected chi connectivity index (χ1v) is 7.37. The molecule has 1 aromatic rings. The Morgan fingerprint density at radius 3 is 2.42 bits per heavy atom. The fourth-order valence-electron chi connectivity index (χ4n) is 1.98. The summed E-state index contributed by atoms with van der Waals surface area (Å²) in [5.41, 5.74) is 8.85. The number of nitrogens with one attached hydrogen (secondary N) is 1. The third kappa shape index (κ3) is 3.86. The van der Waals surface area contributed by atoms with Gasteiger partial charge in [0.2, 0.25) is 0 Å². The van der Waals surface area contributed by atoms with Gasteiger partial charge < -0.3 is 11.1 Å². The van der Waals surface area contributed by atoms with E-state index in [1.807, 2.05) is 0 Å². The molecule has 0 fully saturated rings. The third-order valence-corrected chi connectivity index (χ3v) is 3.61. The van der Waals surface area contributed by atoms with Gasteiger partial charge in [0.1, 0.15) is 4.99 Å². The molecule has 0 bridgehead atoms. The summed E-state index contributed by atoms with van der Waals surface area (Å²) < 4.78 is 0. The van der Waals surface area contributed by atoms with Gasteiger partial charge in [-0.1, -0.05) is 46.3 Å². The van der Waals surface area contributed by atoms with Crippen molar-refractivity contribution in [1.29, 1.82) is 0 Å². The average Bonchev–Trinajstić information content (AvgIpc) is 2.42. The zero-order valence-corrected chi connectivity index (χ0v) is 13.1. The van der Waals surface area contributed by atoms with E-state index in [0.717, 1.165) is 48.4 Å². The molecule has 0 saturated carbocycles. The quantitative estimate of drug-likeness (QED) is 0.752. The lowest BCUT2D eigenvalue weighted by Gasteiger charge is -2.17. The number of nitrogens with zero attached hydrogens (tertiary/aromatic N) is 2. The highest BCUT2D eigenvalue weighted by Crippen LogP contribution is 2.21. The molecule has 1 atom stereocenters. The smallest absolute Gasteiger partial charge is 0.159 e. The van der Waals surface area contributed by atoms with Crippen molar-refractivity contribution in [2.24, 2.45) is 11.7 Å². The Bertz CT molecular complexity index is 445. The monoisotopic (exact) mass is 280 g/mol. The van der Waals surface area contributed by atoms with Crippen LogP contribution in [0, 0.1) is 5.92 Å². The van der Waals surface area contributed by atoms with E-state index in [-0.39, 0.29) is 0 Å². The lowest BCUT2D eigenvalue weighted by molar-refractivity contribution is 0.591. The zero-order valence-electron chi connectivity index (χ0n) is 12.3. The molecule has 0 spiro atoms. The van der Waals surface area contributed by atoms with E-state index in [1.54, 1.807) is 0 Å². The van der Waals surface area contributed by atoms with Crippen molar-refractivity contribution in [1.82, 2.24) is 10.2 Å². The van der Waals surface area contributed by atoms with Crippen LogP contribution in [0.1, 0.15) is 50.9 Å². The number of thiocarbonyl (C=S) groups is 1. The zero-order chi connectivity index (χ0) is 14.4. The number of aromatic nitrogens is 2. The van der Waals surface area contributed by atoms with Crippen molar-refractivity contribution >= 4 is 23.0 Å². The Balaban J connectivity index is 3.13. The lowest BCUT2D eigenvalue weighted by atomic mass is 10.0. The maximum absolute atomic E-state index is 5.88. The largest absolute Gasteiger partial charge is 0.389 e. The Morgan fingerprint density at radius 1 is 1.26 bits per heavy atom. The Kier molecular flexibility index (Phi) is 6.15. The van der Waals surface area contributed by atoms with Gasteiger partial charge in [-0.2, -0.15) is 5.10 Å². The Morgan fingerprint density at radius 2 is 1.95 bits per heavy atom. The molecule has 0 aliphatic heterocycles. The summed E-state index contributed by atoms with van der Waals surface area (Å²) in [5.74, 6) is 1.30. The predicted octanol–water partition coefficient (Wildman–Crippen LogP) is 2.69. The minimum absolute atomic E-state index is 0.396. The Labute approximate surface area is 121 Å². The van der Waals surface area contributed by atoms with Gasteiger partial charge >= 0.3 is 0 Å². The summed E-state index contributed by atoms with van der Waals surface area (Å²) in [6, 6.07) is 0. The van der Waals surface area contributed by atoms with Gasteiger partial charge in [-0.05, 0) is 24.3 Å². The van der Waals surface area contributed by atoms with Gasteiger partial charge in [0.15, 0.2) is 5.82 Å². The summed E-state index contributed by atoms with van der Waals surface area (Å²) in [4.78, 5) is 0.396. The molecule has 1 heterocycles. The summed E-state index contributed by atoms with van der Waals surface area (Å²) in [5, 5.41) is 11.9. The molecule has 106 valence electrons. The second-order valence-electron chi connectivity index (χ2n) is 4.81. The highest BCUT2D eigenvalue weighted by molar-refractivity contribution is 7.80. The van der Waals surface area contributed by atoms with Crippen LogP contribution in [0.3, 0.4) is 0 Å². The van der Waals surface area contributed by atoms with Crippen LogP contribution in [0.15, 0.2) is 0 Å². The van der Waals surface area contributed by atoms with Crippen LogP contribution in [0.25, 0.3) is 0 Å². The molecule has 3 N–H and O–H groups in total. The maximum atomic E-state index is 5.88. The number of hydrogen-bond acceptors (Lipinski definition) is 4. The molecule has 5 heteroatoms. The van der Waals surface area contributed by atoms with E-state index in [2.05, 4.69) is 43.2 Å². The van der Waals surface area contributed by atoms with Crippen LogP contribution in [0.2, 0.25) is 0 Å². The third-order valence-electron chi connectivity index (χ3n) is 3.41. The fourth-order valence-corrected chi connectivity index (χ4v) is 2.20. The van der Waals surface area contributed by atoms with Crippen molar-refractivity contribution in [3.8, 4) is 0 Å². The number of aryl methyl sites for hydroxylation is 1. The van der Waals surface area contributed by atoms with Crippen molar-refractivity contribution < 1.29 is 0 Å². The van der Waals surface area contributed by atoms with Gasteiger partial charge in [-0.3, -0.25) is 0 Å². The number of hydrogen-bond donors (Lipinski definition) is 2. The molecule has 0 amide bonds. The summed E-state index contributed by atoms with van der Waals surface area (Å²) in [6.07, 6.45) is 2.83. The van der Waals surface area contributed by atoms with Crippen LogP contribution in [-0.4, -0.2) is 21.7 Å². The van der Waals surface area contributed by atoms with Crippen LogP contribution >= 0.6 is 12.2 Å². The first-order valence-electron chi connectivity index (χ1n) is 6.97. The maximum Gasteiger partial charge on any atom is 0.159 e. The van der Waals surface area contributed by atoms with Crippen molar-refractivity contribution in [3.63, 3.8) is 0 Å². The molecule has 0 saturated heterocycles. The number of nitrogens with two attached hydrogens (primary N) is 1. The van der Waals surface area contributed by atoms with Gasteiger partial charge in [0.25, 0.3) is 0 Å². The van der Waals surface area contributed by atoms with Crippen molar-refractivity contribution in [2.75, 3.05) is 11.9 Å². The SMILES string of the molecule is CCc1nnc(NCC(C)CC)c(C(N)=S)c1CC. The number of rotatable bonds is 7. The van der Waals surface area contributed by atoms with E-state index in [4.69, 9.17) is 18.0 Å². The van der Waals surface area contributed by atoms with E-state index < -0.39 is 0 Å². The van der Waals surface area contributed by atoms with E-state index >= 15 is 0 Å². The van der Waals surface area contributed by atoms with Crippen LogP contribution in [0.4, 0.5) is 5.82 Å². The molecule has 0 aliphatic carbocycles. The molecule has 1 unspecified atom stereocenters. The fraction of sp³-hybridized carbons (Fsp3) is 0.643. The van der Waals surface area contributed by atoms with Crippen LogP contribution in [-0.2, 0) is 12.8 Å². The molecule has 0 aromatic carbocycles. The van der Waals surface area contributed by atoms with Crippen LogP contribution in [0.5, 0.6) is 0 Å². The molecular formula is C14H24N4S. The molecule has 19 heavy (non-hydrogen) atoms. The van der Waals surface area contributed by atoms with E-state index in [0.29, 0.717) is 10.9 Å². The molecule has 4 nitrogen and oxygen atoms in total.